The van der Waals surface area contributed by atoms with Gasteiger partial charge in [-0.2, -0.15) is 11.8 Å². The Morgan fingerprint density at radius 2 is 1.34 bits per heavy atom. The molecule has 4 aromatic carbocycles. The van der Waals surface area contributed by atoms with Crippen LogP contribution in [0.4, 0.5) is 0 Å². The van der Waals surface area contributed by atoms with Crippen LogP contribution in [-0.4, -0.2) is 53.9 Å². The van der Waals surface area contributed by atoms with E-state index in [1.165, 1.54) is 0 Å². The number of amides is 2. The number of unbranched alkanes of at least 4 members (excludes halogenated alkanes) is 1. The summed E-state index contributed by atoms with van der Waals surface area (Å²) in [5.74, 6) is -0.0337. The Balaban J connectivity index is 1.34. The van der Waals surface area contributed by atoms with Crippen LogP contribution in [0.25, 0.3) is 0 Å². The summed E-state index contributed by atoms with van der Waals surface area (Å²) in [4.78, 5) is 40.6. The molecule has 4 aromatic rings. The van der Waals surface area contributed by atoms with Gasteiger partial charge in [0.25, 0.3) is 0 Å². The molecule has 9 heteroatoms. The molecule has 296 valence electrons. The average Bonchev–Trinajstić information content (AvgIpc) is 3.22. The number of ether oxygens (including phenoxy) is 2. The molecule has 0 saturated carbocycles. The number of esters is 1. The maximum atomic E-state index is 13.8. The molecule has 3 N–H and O–H groups in total. The van der Waals surface area contributed by atoms with Crippen molar-refractivity contribution in [3.63, 3.8) is 0 Å². The van der Waals surface area contributed by atoms with E-state index in [4.69, 9.17) is 9.47 Å². The largest absolute Gasteiger partial charge is 0.489 e. The molecule has 4 rings (SSSR count). The van der Waals surface area contributed by atoms with Gasteiger partial charge in [-0.3, -0.25) is 14.4 Å². The van der Waals surface area contributed by atoms with Gasteiger partial charge in [-0.05, 0) is 72.9 Å². The number of aliphatic hydroxyl groups excluding tert-OH is 1. The lowest BCUT2D eigenvalue weighted by Crippen LogP contribution is -2.46. The van der Waals surface area contributed by atoms with Crippen molar-refractivity contribution in [2.45, 2.75) is 69.4 Å². The Morgan fingerprint density at radius 3 is 1.96 bits per heavy atom. The molecule has 0 saturated heterocycles. The van der Waals surface area contributed by atoms with Crippen LogP contribution >= 0.6 is 11.8 Å². The van der Waals surface area contributed by atoms with E-state index >= 15 is 0 Å². The molecule has 0 fully saturated rings. The lowest BCUT2D eigenvalue weighted by atomic mass is 9.94. The van der Waals surface area contributed by atoms with Crippen LogP contribution in [0.5, 0.6) is 5.75 Å². The van der Waals surface area contributed by atoms with E-state index < -0.39 is 18.0 Å². The lowest BCUT2D eigenvalue weighted by molar-refractivity contribution is -0.150. The van der Waals surface area contributed by atoms with E-state index in [0.29, 0.717) is 31.6 Å². The van der Waals surface area contributed by atoms with Gasteiger partial charge in [0.15, 0.2) is 0 Å². The molecule has 0 bridgehead atoms. The minimum Gasteiger partial charge on any atom is -0.489 e. The average molecular weight is 777 g/mol. The number of carbonyl (C=O) groups is 3. The second kappa shape index (κ2) is 25.1. The summed E-state index contributed by atoms with van der Waals surface area (Å²) >= 11 is 1.64. The Kier molecular flexibility index (Phi) is 19.6. The highest BCUT2D eigenvalue weighted by molar-refractivity contribution is 7.98. The molecule has 0 aliphatic heterocycles. The van der Waals surface area contributed by atoms with E-state index in [2.05, 4.69) is 23.8 Å². The highest BCUT2D eigenvalue weighted by Crippen LogP contribution is 2.20. The smallest absolute Gasteiger partial charge is 0.309 e. The SMILES string of the molecule is C=CCCCC(Cc1ccccc1)C(=O)OCC(CSCc1ccccc1)NC(=O)C(CC=C)CC(=O)NC(CO)Cc1ccc(OCc2ccccc2)cc1. The van der Waals surface area contributed by atoms with Crippen molar-refractivity contribution >= 4 is 29.5 Å². The van der Waals surface area contributed by atoms with E-state index in [9.17, 15) is 19.5 Å². The first-order chi connectivity index (χ1) is 27.4. The van der Waals surface area contributed by atoms with Gasteiger partial charge >= 0.3 is 5.97 Å². The fourth-order valence-electron chi connectivity index (χ4n) is 6.26. The predicted molar refractivity (Wildman–Crippen MR) is 226 cm³/mol. The first-order valence-electron chi connectivity index (χ1n) is 19.4. The van der Waals surface area contributed by atoms with Crippen LogP contribution in [0.3, 0.4) is 0 Å². The third-order valence-corrected chi connectivity index (χ3v) is 10.5. The highest BCUT2D eigenvalue weighted by atomic mass is 32.2. The molecule has 2 amide bonds. The van der Waals surface area contributed by atoms with Gasteiger partial charge in [0.2, 0.25) is 11.8 Å². The highest BCUT2D eigenvalue weighted by Gasteiger charge is 2.27. The minimum absolute atomic E-state index is 0.00872. The van der Waals surface area contributed by atoms with Crippen molar-refractivity contribution in [2.24, 2.45) is 11.8 Å². The Labute approximate surface area is 336 Å². The molecule has 0 radical (unpaired) electrons. The molecule has 0 aliphatic rings. The third-order valence-electron chi connectivity index (χ3n) is 9.32. The van der Waals surface area contributed by atoms with E-state index in [-0.39, 0.29) is 49.8 Å². The zero-order valence-corrected chi connectivity index (χ0v) is 33.0. The first-order valence-corrected chi connectivity index (χ1v) is 20.5. The first kappa shape index (κ1) is 43.6. The number of aliphatic hydroxyl groups is 1. The minimum atomic E-state index is -0.699. The maximum absolute atomic E-state index is 13.8. The molecule has 0 spiro atoms. The fraction of sp³-hybridized carbons (Fsp3) is 0.340. The van der Waals surface area contributed by atoms with Crippen LogP contribution in [0.2, 0.25) is 0 Å². The summed E-state index contributed by atoms with van der Waals surface area (Å²) in [6.07, 6.45) is 6.93. The summed E-state index contributed by atoms with van der Waals surface area (Å²) in [5.41, 5.74) is 4.21. The normalized spacial score (nSPS) is 13.0. The van der Waals surface area contributed by atoms with Crippen LogP contribution in [0.15, 0.2) is 141 Å². The lowest BCUT2D eigenvalue weighted by Gasteiger charge is -2.24. The zero-order chi connectivity index (χ0) is 39.8. The molecular weight excluding hydrogens is 721 g/mol. The fourth-order valence-corrected chi connectivity index (χ4v) is 7.27. The monoisotopic (exact) mass is 776 g/mol. The molecule has 8 nitrogen and oxygen atoms in total. The maximum Gasteiger partial charge on any atom is 0.309 e. The molecule has 0 aliphatic carbocycles. The van der Waals surface area contributed by atoms with Gasteiger partial charge in [0, 0.05) is 17.9 Å². The molecule has 56 heavy (non-hydrogen) atoms. The molecule has 0 heterocycles. The van der Waals surface area contributed by atoms with Gasteiger partial charge in [-0.25, -0.2) is 0 Å². The summed E-state index contributed by atoms with van der Waals surface area (Å²) in [6.45, 7) is 7.84. The van der Waals surface area contributed by atoms with Gasteiger partial charge in [-0.1, -0.05) is 115 Å². The Morgan fingerprint density at radius 1 is 0.714 bits per heavy atom. The van der Waals surface area contributed by atoms with Crippen molar-refractivity contribution in [3.05, 3.63) is 163 Å². The number of nitrogens with one attached hydrogen (secondary N) is 2. The summed E-state index contributed by atoms with van der Waals surface area (Å²) in [5, 5.41) is 16.1. The summed E-state index contributed by atoms with van der Waals surface area (Å²) < 4.78 is 11.8. The third kappa shape index (κ3) is 16.3. The van der Waals surface area contributed by atoms with E-state index in [1.54, 1.807) is 17.8 Å². The number of hydrogen-bond acceptors (Lipinski definition) is 7. The standard InChI is InChI=1S/C47H56N2O6S/c1-3-5-9-23-41(28-36-17-10-6-11-18-36)47(53)55-33-43(35-56-34-39-21-14-8-15-22-39)49-46(52)40(16-4-2)30-45(51)48-42(31-50)29-37-24-26-44(27-25-37)54-32-38-19-12-7-13-20-38/h3-4,6-8,10-15,17-22,24-27,40-43,50H,1-2,5,9,16,23,28-35H2,(H,48,51)(H,49,52). The van der Waals surface area contributed by atoms with Crippen molar-refractivity contribution in [1.29, 1.82) is 0 Å². The van der Waals surface area contributed by atoms with Crippen molar-refractivity contribution < 1.29 is 29.0 Å². The molecule has 4 unspecified atom stereocenters. The van der Waals surface area contributed by atoms with Crippen molar-refractivity contribution in [3.8, 4) is 5.75 Å². The second-order valence-corrected chi connectivity index (χ2v) is 15.0. The quantitative estimate of drug-likeness (QED) is 0.0336. The van der Waals surface area contributed by atoms with E-state index in [1.807, 2.05) is 121 Å². The van der Waals surface area contributed by atoms with Gasteiger partial charge in [-0.15, -0.1) is 13.2 Å². The van der Waals surface area contributed by atoms with Crippen LogP contribution in [0.1, 0.15) is 54.4 Å². The summed E-state index contributed by atoms with van der Waals surface area (Å²) in [6, 6.07) is 36.4. The zero-order valence-electron chi connectivity index (χ0n) is 32.2. The van der Waals surface area contributed by atoms with Gasteiger partial charge < -0.3 is 25.2 Å². The molecular formula is C47H56N2O6S. The van der Waals surface area contributed by atoms with Crippen LogP contribution in [-0.2, 0) is 44.3 Å². The van der Waals surface area contributed by atoms with Gasteiger partial charge in [0.05, 0.1) is 30.5 Å². The second-order valence-electron chi connectivity index (χ2n) is 13.9. The number of carbonyl (C=O) groups excluding carboxylic acids is 3. The topological polar surface area (TPSA) is 114 Å². The van der Waals surface area contributed by atoms with Crippen LogP contribution in [0, 0.1) is 11.8 Å². The Bertz CT molecular complexity index is 1750. The number of benzene rings is 4. The molecule has 4 atom stereocenters. The summed E-state index contributed by atoms with van der Waals surface area (Å²) in [7, 11) is 0. The van der Waals surface area contributed by atoms with Crippen LogP contribution < -0.4 is 15.4 Å². The number of allylic oxidation sites excluding steroid dienone is 2. The Hall–Kier alpha value is -5.12. The van der Waals surface area contributed by atoms with Gasteiger partial charge in [0.1, 0.15) is 19.0 Å². The molecule has 0 aromatic heterocycles. The number of rotatable bonds is 26. The number of thioether (sulfide) groups is 1. The predicted octanol–water partition coefficient (Wildman–Crippen LogP) is 8.04. The van der Waals surface area contributed by atoms with Crippen molar-refractivity contribution in [1.82, 2.24) is 10.6 Å². The van der Waals surface area contributed by atoms with E-state index in [0.717, 1.165) is 46.6 Å². The van der Waals surface area contributed by atoms with Crippen molar-refractivity contribution in [2.75, 3.05) is 19.0 Å². The number of hydrogen-bond donors (Lipinski definition) is 3.